The zero-order chi connectivity index (χ0) is 20.6. The molecule has 146 valence electrons. The molecule has 0 bridgehead atoms. The maximum Gasteiger partial charge on any atom is 0.336 e. The van der Waals surface area contributed by atoms with Gasteiger partial charge in [0.1, 0.15) is 0 Å². The summed E-state index contributed by atoms with van der Waals surface area (Å²) in [6.45, 7) is 0. The molecule has 0 spiro atoms. The lowest BCUT2D eigenvalue weighted by atomic mass is 9.99. The summed E-state index contributed by atoms with van der Waals surface area (Å²) in [4.78, 5) is 11.4. The molecule has 0 heterocycles. The van der Waals surface area contributed by atoms with E-state index in [0.717, 1.165) is 22.4 Å². The largest absolute Gasteiger partial charge is 0.478 e. The molecule has 0 fully saturated rings. The zero-order valence-electron chi connectivity index (χ0n) is 15.3. The molecule has 29 heavy (non-hydrogen) atoms. The number of amidine groups is 1. The van der Waals surface area contributed by atoms with E-state index >= 15 is 0 Å². The first-order chi connectivity index (χ1) is 14.0. The Kier molecular flexibility index (Phi) is 7.05. The molecule has 0 aliphatic carbocycles. The third-order valence-corrected chi connectivity index (χ3v) is 5.12. The van der Waals surface area contributed by atoms with Gasteiger partial charge in [0.15, 0.2) is 5.17 Å². The van der Waals surface area contributed by atoms with Crippen LogP contribution in [-0.2, 0) is 5.75 Å². The van der Waals surface area contributed by atoms with Gasteiger partial charge in [-0.3, -0.25) is 0 Å². The van der Waals surface area contributed by atoms with Gasteiger partial charge in [-0.25, -0.2) is 4.79 Å². The van der Waals surface area contributed by atoms with E-state index in [1.54, 1.807) is 18.3 Å². The highest BCUT2D eigenvalue weighted by Crippen LogP contribution is 2.27. The summed E-state index contributed by atoms with van der Waals surface area (Å²) in [5, 5.41) is 18.2. The van der Waals surface area contributed by atoms with Crippen molar-refractivity contribution < 1.29 is 9.90 Å². The average Bonchev–Trinajstić information content (AvgIpc) is 2.73. The number of nitrogens with two attached hydrogens (primary N) is 1. The molecule has 0 aromatic heterocycles. The Hall–Kier alpha value is -3.09. The highest BCUT2D eigenvalue weighted by atomic mass is 35.5. The Morgan fingerprint density at radius 3 is 2.48 bits per heavy atom. The first kappa shape index (κ1) is 20.6. The minimum atomic E-state index is -1.000. The van der Waals surface area contributed by atoms with E-state index in [1.165, 1.54) is 17.8 Å². The fraction of sp³-hybridized carbons (Fsp3) is 0.0455. The van der Waals surface area contributed by atoms with Gasteiger partial charge in [0, 0.05) is 10.8 Å². The Balaban J connectivity index is 1.66. The summed E-state index contributed by atoms with van der Waals surface area (Å²) in [5.41, 5.74) is 9.37. The second kappa shape index (κ2) is 9.91. The predicted octanol–water partition coefficient (Wildman–Crippen LogP) is 5.29. The molecule has 7 heteroatoms. The molecule has 3 aromatic rings. The number of hydrogen-bond donors (Lipinski definition) is 2. The Bertz CT molecular complexity index is 1050. The second-order valence-electron chi connectivity index (χ2n) is 6.07. The van der Waals surface area contributed by atoms with E-state index in [2.05, 4.69) is 10.2 Å². The minimum Gasteiger partial charge on any atom is -0.478 e. The Morgan fingerprint density at radius 2 is 1.79 bits per heavy atom. The number of halogens is 1. The molecule has 0 saturated carbocycles. The number of carbonyl (C=O) groups is 1. The summed E-state index contributed by atoms with van der Waals surface area (Å²) in [6.07, 6.45) is 1.59. The Morgan fingerprint density at radius 1 is 1.07 bits per heavy atom. The van der Waals surface area contributed by atoms with Crippen molar-refractivity contribution in [3.8, 4) is 11.1 Å². The summed E-state index contributed by atoms with van der Waals surface area (Å²) in [7, 11) is 0. The third-order valence-electron chi connectivity index (χ3n) is 4.03. The highest BCUT2D eigenvalue weighted by molar-refractivity contribution is 8.13. The van der Waals surface area contributed by atoms with Crippen LogP contribution in [0.4, 0.5) is 0 Å². The lowest BCUT2D eigenvalue weighted by Gasteiger charge is -2.07. The van der Waals surface area contributed by atoms with Gasteiger partial charge in [0.05, 0.1) is 11.8 Å². The smallest absolute Gasteiger partial charge is 0.336 e. The fourth-order valence-electron chi connectivity index (χ4n) is 2.60. The van der Waals surface area contributed by atoms with Crippen LogP contribution in [0.2, 0.25) is 5.02 Å². The molecule has 0 atom stereocenters. The molecular weight excluding hydrogens is 406 g/mol. The molecule has 0 radical (unpaired) electrons. The van der Waals surface area contributed by atoms with Gasteiger partial charge >= 0.3 is 5.97 Å². The van der Waals surface area contributed by atoms with Crippen molar-refractivity contribution in [3.05, 3.63) is 94.5 Å². The standard InChI is InChI=1S/C22H18ClN3O2S/c23-18-10-11-19(21(27)28)20(12-18)17-8-6-15(7-9-17)13-25-26-22(24)29-14-16-4-2-1-3-5-16/h1-13H,14H2,(H2,24,26)(H,27,28). The van der Waals surface area contributed by atoms with Crippen molar-refractivity contribution in [1.29, 1.82) is 0 Å². The van der Waals surface area contributed by atoms with Crippen molar-refractivity contribution in [2.75, 3.05) is 0 Å². The lowest BCUT2D eigenvalue weighted by Crippen LogP contribution is -2.05. The van der Waals surface area contributed by atoms with Crippen molar-refractivity contribution in [2.24, 2.45) is 15.9 Å². The van der Waals surface area contributed by atoms with Crippen LogP contribution in [0.25, 0.3) is 11.1 Å². The number of aromatic carboxylic acids is 1. The molecular formula is C22H18ClN3O2S. The zero-order valence-corrected chi connectivity index (χ0v) is 16.9. The molecule has 3 aromatic carbocycles. The number of benzene rings is 3. The summed E-state index contributed by atoms with van der Waals surface area (Å²) in [5.74, 6) is -0.272. The van der Waals surface area contributed by atoms with Crippen molar-refractivity contribution >= 4 is 40.7 Å². The topological polar surface area (TPSA) is 88.0 Å². The molecule has 5 nitrogen and oxygen atoms in total. The van der Waals surface area contributed by atoms with E-state index in [4.69, 9.17) is 17.3 Å². The summed E-state index contributed by atoms with van der Waals surface area (Å²) < 4.78 is 0. The van der Waals surface area contributed by atoms with Crippen LogP contribution in [0, 0.1) is 0 Å². The van der Waals surface area contributed by atoms with Crippen LogP contribution in [0.1, 0.15) is 21.5 Å². The average molecular weight is 424 g/mol. The number of rotatable bonds is 6. The van der Waals surface area contributed by atoms with Crippen molar-refractivity contribution in [2.45, 2.75) is 5.75 Å². The van der Waals surface area contributed by atoms with Crippen molar-refractivity contribution in [3.63, 3.8) is 0 Å². The van der Waals surface area contributed by atoms with Crippen LogP contribution in [0.5, 0.6) is 0 Å². The molecule has 0 aliphatic heterocycles. The molecule has 0 saturated heterocycles. The molecule has 3 N–H and O–H groups in total. The van der Waals surface area contributed by atoms with Gasteiger partial charge in [-0.2, -0.15) is 5.10 Å². The maximum absolute atomic E-state index is 11.4. The number of hydrogen-bond acceptors (Lipinski definition) is 4. The van der Waals surface area contributed by atoms with Gasteiger partial charge in [-0.15, -0.1) is 5.10 Å². The van der Waals surface area contributed by atoms with Crippen molar-refractivity contribution in [1.82, 2.24) is 0 Å². The monoisotopic (exact) mass is 423 g/mol. The number of carboxylic acids is 1. The molecule has 0 aliphatic rings. The predicted molar refractivity (Wildman–Crippen MR) is 121 cm³/mol. The van der Waals surface area contributed by atoms with E-state index in [1.807, 2.05) is 54.6 Å². The lowest BCUT2D eigenvalue weighted by molar-refractivity contribution is 0.0697. The first-order valence-corrected chi connectivity index (χ1v) is 10.1. The number of thioether (sulfide) groups is 1. The van der Waals surface area contributed by atoms with Gasteiger partial charge in [0.2, 0.25) is 0 Å². The summed E-state index contributed by atoms with van der Waals surface area (Å²) in [6, 6.07) is 22.0. The normalized spacial score (nSPS) is 11.7. The Labute approximate surface area is 177 Å². The van der Waals surface area contributed by atoms with Gasteiger partial charge < -0.3 is 10.8 Å². The fourth-order valence-corrected chi connectivity index (χ4v) is 3.39. The first-order valence-electron chi connectivity index (χ1n) is 8.69. The van der Waals surface area contributed by atoms with Gasteiger partial charge in [-0.05, 0) is 40.5 Å². The van der Waals surface area contributed by atoms with E-state index in [-0.39, 0.29) is 5.56 Å². The van der Waals surface area contributed by atoms with E-state index < -0.39 is 5.97 Å². The highest BCUT2D eigenvalue weighted by Gasteiger charge is 2.12. The molecule has 0 amide bonds. The maximum atomic E-state index is 11.4. The van der Waals surface area contributed by atoms with E-state index in [9.17, 15) is 9.90 Å². The van der Waals surface area contributed by atoms with Gasteiger partial charge in [0.25, 0.3) is 0 Å². The van der Waals surface area contributed by atoms with Gasteiger partial charge in [-0.1, -0.05) is 78.0 Å². The summed E-state index contributed by atoms with van der Waals surface area (Å²) >= 11 is 7.44. The third kappa shape index (κ3) is 5.94. The second-order valence-corrected chi connectivity index (χ2v) is 7.51. The minimum absolute atomic E-state index is 0.198. The molecule has 0 unspecified atom stereocenters. The number of nitrogens with zero attached hydrogens (tertiary/aromatic N) is 2. The van der Waals surface area contributed by atoms with E-state index in [0.29, 0.717) is 15.8 Å². The SMILES string of the molecule is NC(=NN=Cc1ccc(-c2cc(Cl)ccc2C(=O)O)cc1)SCc1ccccc1. The van der Waals surface area contributed by atoms with Crippen LogP contribution in [-0.4, -0.2) is 22.5 Å². The van der Waals surface area contributed by atoms with Crippen LogP contribution in [0.3, 0.4) is 0 Å². The van der Waals surface area contributed by atoms with Crippen LogP contribution >= 0.6 is 23.4 Å². The van der Waals surface area contributed by atoms with Crippen LogP contribution < -0.4 is 5.73 Å². The van der Waals surface area contributed by atoms with Crippen LogP contribution in [0.15, 0.2) is 83.0 Å². The molecule has 3 rings (SSSR count). The number of carboxylic acid groups (broad SMARTS) is 1. The quantitative estimate of drug-likeness (QED) is 0.320.